The van der Waals surface area contributed by atoms with Gasteiger partial charge in [-0.25, -0.2) is 4.79 Å². The van der Waals surface area contributed by atoms with E-state index in [1.807, 2.05) is 6.92 Å². The average Bonchev–Trinajstić information content (AvgIpc) is 3.08. The number of nitrogens with one attached hydrogen (secondary N) is 2. The molecule has 2 heterocycles. The summed E-state index contributed by atoms with van der Waals surface area (Å²) in [4.78, 5) is 11.7. The summed E-state index contributed by atoms with van der Waals surface area (Å²) in [6.07, 6.45) is 3.55. The molecule has 0 radical (unpaired) electrons. The number of thioether (sulfide) groups is 1. The van der Waals surface area contributed by atoms with Gasteiger partial charge >= 0.3 is 6.03 Å². The number of hydrogen-bond donors (Lipinski definition) is 2. The summed E-state index contributed by atoms with van der Waals surface area (Å²) in [5.41, 5.74) is 0. The summed E-state index contributed by atoms with van der Waals surface area (Å²) in [6, 6.07) is -0.264. The number of carbonyl (C=O) groups excluding carboxylic acids is 1. The van der Waals surface area contributed by atoms with Crippen molar-refractivity contribution in [2.75, 3.05) is 17.6 Å². The summed E-state index contributed by atoms with van der Waals surface area (Å²) < 4.78 is 2.67. The van der Waals surface area contributed by atoms with Crippen LogP contribution in [0.4, 0.5) is 10.6 Å². The molecule has 0 saturated carbocycles. The van der Waals surface area contributed by atoms with Crippen LogP contribution in [0, 0.1) is 6.92 Å². The van der Waals surface area contributed by atoms with Crippen molar-refractivity contribution in [3.63, 3.8) is 0 Å². The molecular weight excluding hydrogens is 322 g/mol. The highest BCUT2D eigenvalue weighted by atomic mass is 32.2. The third-order valence-corrected chi connectivity index (χ3v) is 4.63. The van der Waals surface area contributed by atoms with E-state index in [-0.39, 0.29) is 6.03 Å². The van der Waals surface area contributed by atoms with E-state index < -0.39 is 0 Å². The van der Waals surface area contributed by atoms with Gasteiger partial charge in [0.1, 0.15) is 5.01 Å². The fourth-order valence-electron chi connectivity index (χ4n) is 1.62. The molecule has 0 fully saturated rings. The van der Waals surface area contributed by atoms with E-state index in [2.05, 4.69) is 38.1 Å². The van der Waals surface area contributed by atoms with Crippen molar-refractivity contribution in [1.82, 2.24) is 30.5 Å². The van der Waals surface area contributed by atoms with Gasteiger partial charge in [-0.2, -0.15) is 0 Å². The number of nitrogens with zero attached hydrogens (tertiary/aromatic N) is 5. The summed E-state index contributed by atoms with van der Waals surface area (Å²) in [5.74, 6) is 1.35. The van der Waals surface area contributed by atoms with Crippen molar-refractivity contribution < 1.29 is 4.79 Å². The molecular formula is C12H19N7OS2. The summed E-state index contributed by atoms with van der Waals surface area (Å²) in [5, 5.41) is 22.2. The lowest BCUT2D eigenvalue weighted by molar-refractivity contribution is 0.252. The first kappa shape index (κ1) is 16.7. The Balaban J connectivity index is 1.59. The van der Waals surface area contributed by atoms with Crippen LogP contribution in [0.1, 0.15) is 24.8 Å². The maximum Gasteiger partial charge on any atom is 0.320 e. The van der Waals surface area contributed by atoms with Crippen molar-refractivity contribution in [2.45, 2.75) is 37.6 Å². The van der Waals surface area contributed by atoms with E-state index in [4.69, 9.17) is 0 Å². The summed E-state index contributed by atoms with van der Waals surface area (Å²) in [7, 11) is 0. The van der Waals surface area contributed by atoms with E-state index in [0.717, 1.165) is 34.5 Å². The zero-order valence-electron chi connectivity index (χ0n) is 12.6. The molecule has 0 spiro atoms. The van der Waals surface area contributed by atoms with Gasteiger partial charge in [0.15, 0.2) is 10.2 Å². The van der Waals surface area contributed by atoms with Gasteiger partial charge in [-0.15, -0.1) is 15.3 Å². The van der Waals surface area contributed by atoms with Crippen LogP contribution in [-0.2, 0) is 6.54 Å². The lowest BCUT2D eigenvalue weighted by Gasteiger charge is -2.04. The molecule has 2 aromatic rings. The van der Waals surface area contributed by atoms with Crippen molar-refractivity contribution in [3.8, 4) is 0 Å². The molecule has 0 saturated heterocycles. The molecule has 8 nitrogen and oxygen atoms in total. The zero-order chi connectivity index (χ0) is 15.8. The number of aryl methyl sites for hydroxylation is 2. The van der Waals surface area contributed by atoms with E-state index >= 15 is 0 Å². The van der Waals surface area contributed by atoms with Crippen molar-refractivity contribution in [2.24, 2.45) is 0 Å². The van der Waals surface area contributed by atoms with E-state index in [1.54, 1.807) is 34.0 Å². The topological polar surface area (TPSA) is 97.6 Å². The molecule has 2 aromatic heterocycles. The minimum absolute atomic E-state index is 0.264. The molecule has 2 amide bonds. The van der Waals surface area contributed by atoms with Gasteiger partial charge in [-0.1, -0.05) is 35.2 Å². The Hall–Kier alpha value is -1.68. The molecule has 0 aromatic carbocycles. The Morgan fingerprint density at radius 3 is 3.00 bits per heavy atom. The monoisotopic (exact) mass is 341 g/mol. The predicted molar refractivity (Wildman–Crippen MR) is 87.3 cm³/mol. The Kier molecular flexibility index (Phi) is 6.59. The quantitative estimate of drug-likeness (QED) is 0.564. The molecule has 0 atom stereocenters. The third-order valence-electron chi connectivity index (χ3n) is 2.57. The molecule has 2 rings (SSSR count). The second-order valence-electron chi connectivity index (χ2n) is 4.54. The van der Waals surface area contributed by atoms with Crippen LogP contribution in [0.3, 0.4) is 0 Å². The second-order valence-corrected chi connectivity index (χ2v) is 7.06. The normalized spacial score (nSPS) is 10.6. The maximum atomic E-state index is 11.7. The molecule has 0 aliphatic heterocycles. The minimum atomic E-state index is -0.264. The Labute approximate surface area is 137 Å². The molecule has 22 heavy (non-hydrogen) atoms. The van der Waals surface area contributed by atoms with Crippen LogP contribution >= 0.6 is 23.1 Å². The first-order chi connectivity index (χ1) is 10.7. The van der Waals surface area contributed by atoms with Gasteiger partial charge in [0, 0.05) is 18.8 Å². The van der Waals surface area contributed by atoms with Crippen molar-refractivity contribution in [1.29, 1.82) is 0 Å². The van der Waals surface area contributed by atoms with Crippen molar-refractivity contribution in [3.05, 3.63) is 11.2 Å². The lowest BCUT2D eigenvalue weighted by atomic mass is 10.5. The van der Waals surface area contributed by atoms with E-state index in [9.17, 15) is 4.79 Å². The fourth-order valence-corrected chi connectivity index (χ4v) is 3.45. The largest absolute Gasteiger partial charge is 0.338 e. The summed E-state index contributed by atoms with van der Waals surface area (Å²) >= 11 is 3.24. The number of urea groups is 1. The highest BCUT2D eigenvalue weighted by Gasteiger charge is 2.05. The predicted octanol–water partition coefficient (Wildman–Crippen LogP) is 2.15. The Morgan fingerprint density at radius 2 is 2.27 bits per heavy atom. The standard InChI is InChI=1S/C12H19N7OS2/c1-3-6-19-8-10(16-18-19)14-11(20)13-5-4-7-21-12-17-15-9(2)22-12/h8H,3-7H2,1-2H3,(H2,13,14,20). The van der Waals surface area contributed by atoms with Gasteiger partial charge in [0.2, 0.25) is 0 Å². The first-order valence-corrected chi connectivity index (χ1v) is 8.85. The van der Waals surface area contributed by atoms with Gasteiger partial charge in [-0.05, 0) is 19.8 Å². The van der Waals surface area contributed by atoms with Gasteiger partial charge in [0.25, 0.3) is 0 Å². The average molecular weight is 341 g/mol. The number of rotatable bonds is 8. The number of hydrogen-bond acceptors (Lipinski definition) is 7. The molecule has 0 aliphatic carbocycles. The SMILES string of the molecule is CCCn1cc(NC(=O)NCCCSc2nnc(C)s2)nn1. The van der Waals surface area contributed by atoms with Crippen LogP contribution in [-0.4, -0.2) is 43.5 Å². The minimum Gasteiger partial charge on any atom is -0.338 e. The number of aromatic nitrogens is 5. The van der Waals surface area contributed by atoms with Gasteiger partial charge < -0.3 is 5.32 Å². The lowest BCUT2D eigenvalue weighted by Crippen LogP contribution is -2.29. The Bertz CT molecular complexity index is 598. The van der Waals surface area contributed by atoms with Crippen LogP contribution in [0.5, 0.6) is 0 Å². The Morgan fingerprint density at radius 1 is 1.41 bits per heavy atom. The van der Waals surface area contributed by atoms with Crippen LogP contribution < -0.4 is 10.6 Å². The second kappa shape index (κ2) is 8.69. The highest BCUT2D eigenvalue weighted by Crippen LogP contribution is 2.21. The third kappa shape index (κ3) is 5.60. The smallest absolute Gasteiger partial charge is 0.320 e. The fraction of sp³-hybridized carbons (Fsp3) is 0.583. The molecule has 0 aliphatic rings. The number of carbonyl (C=O) groups is 1. The summed E-state index contributed by atoms with van der Waals surface area (Å²) in [6.45, 7) is 5.38. The number of amides is 2. The number of anilines is 1. The maximum absolute atomic E-state index is 11.7. The molecule has 120 valence electrons. The molecule has 2 N–H and O–H groups in total. The zero-order valence-corrected chi connectivity index (χ0v) is 14.2. The van der Waals surface area contributed by atoms with Gasteiger partial charge in [-0.3, -0.25) is 10.00 Å². The van der Waals surface area contributed by atoms with Gasteiger partial charge in [0.05, 0.1) is 6.20 Å². The molecule has 0 bridgehead atoms. The first-order valence-electron chi connectivity index (χ1n) is 7.05. The van der Waals surface area contributed by atoms with E-state index in [0.29, 0.717) is 12.4 Å². The molecule has 10 heteroatoms. The van der Waals surface area contributed by atoms with Crippen LogP contribution in [0.15, 0.2) is 10.5 Å². The molecule has 0 unspecified atom stereocenters. The highest BCUT2D eigenvalue weighted by molar-refractivity contribution is 8.01. The van der Waals surface area contributed by atoms with Crippen LogP contribution in [0.25, 0.3) is 0 Å². The van der Waals surface area contributed by atoms with Crippen LogP contribution in [0.2, 0.25) is 0 Å². The van der Waals surface area contributed by atoms with E-state index in [1.165, 1.54) is 0 Å². The van der Waals surface area contributed by atoms with Crippen molar-refractivity contribution >= 4 is 34.9 Å².